The van der Waals surface area contributed by atoms with Crippen molar-refractivity contribution in [2.75, 3.05) is 0 Å². The largest absolute Gasteiger partial charge is 0.361 e. The van der Waals surface area contributed by atoms with Crippen molar-refractivity contribution in [3.63, 3.8) is 0 Å². The van der Waals surface area contributed by atoms with E-state index in [4.69, 9.17) is 4.52 Å². The fourth-order valence-electron chi connectivity index (χ4n) is 3.49. The van der Waals surface area contributed by atoms with Crippen LogP contribution in [0.5, 0.6) is 0 Å². The topological polar surface area (TPSA) is 68.0 Å². The van der Waals surface area contributed by atoms with Crippen LogP contribution in [0.1, 0.15) is 45.5 Å². The molecule has 1 N–H and O–H groups in total. The van der Waals surface area contributed by atoms with E-state index in [9.17, 15) is 4.79 Å². The number of rotatable bonds is 3. The van der Waals surface area contributed by atoms with Crippen LogP contribution in [0.4, 0.5) is 0 Å². The first kappa shape index (κ1) is 15.6. The maximum atomic E-state index is 12.7. The van der Waals surface area contributed by atoms with Gasteiger partial charge in [0.25, 0.3) is 5.91 Å². The number of aryl methyl sites for hydroxylation is 3. The third-order valence-corrected chi connectivity index (χ3v) is 4.71. The lowest BCUT2D eigenvalue weighted by Crippen LogP contribution is -2.28. The number of benzene rings is 1. The SMILES string of the molecule is Cc1noc(C)c1-c1cccc(C(=O)N[C@H]2CCc3ccccc32)n1. The number of pyridine rings is 1. The summed E-state index contributed by atoms with van der Waals surface area (Å²) in [7, 11) is 0. The van der Waals surface area contributed by atoms with Crippen LogP contribution >= 0.6 is 0 Å². The third-order valence-electron chi connectivity index (χ3n) is 4.71. The lowest BCUT2D eigenvalue weighted by Gasteiger charge is -2.14. The first-order chi connectivity index (χ1) is 12.1. The van der Waals surface area contributed by atoms with Crippen LogP contribution in [-0.2, 0) is 6.42 Å². The van der Waals surface area contributed by atoms with E-state index in [2.05, 4.69) is 27.6 Å². The van der Waals surface area contributed by atoms with Gasteiger partial charge in [0.1, 0.15) is 11.5 Å². The Balaban J connectivity index is 1.59. The minimum Gasteiger partial charge on any atom is -0.361 e. The first-order valence-corrected chi connectivity index (χ1v) is 8.42. The molecule has 1 amide bonds. The van der Waals surface area contributed by atoms with Crippen LogP contribution in [0.3, 0.4) is 0 Å². The van der Waals surface area contributed by atoms with Crippen LogP contribution in [0.15, 0.2) is 47.0 Å². The number of carbonyl (C=O) groups is 1. The van der Waals surface area contributed by atoms with Gasteiger partial charge in [0.05, 0.1) is 23.0 Å². The van der Waals surface area contributed by atoms with Gasteiger partial charge in [-0.1, -0.05) is 35.5 Å². The molecule has 0 aliphatic heterocycles. The molecule has 5 heteroatoms. The van der Waals surface area contributed by atoms with Crippen LogP contribution in [0.25, 0.3) is 11.3 Å². The van der Waals surface area contributed by atoms with Gasteiger partial charge in [-0.05, 0) is 49.9 Å². The van der Waals surface area contributed by atoms with Gasteiger partial charge in [-0.3, -0.25) is 4.79 Å². The monoisotopic (exact) mass is 333 g/mol. The van der Waals surface area contributed by atoms with Crippen molar-refractivity contribution in [1.29, 1.82) is 0 Å². The van der Waals surface area contributed by atoms with E-state index in [0.29, 0.717) is 17.1 Å². The molecule has 1 aliphatic rings. The fraction of sp³-hybridized carbons (Fsp3) is 0.250. The number of hydrogen-bond donors (Lipinski definition) is 1. The Kier molecular flexibility index (Phi) is 3.84. The van der Waals surface area contributed by atoms with Gasteiger partial charge in [0.2, 0.25) is 0 Å². The third kappa shape index (κ3) is 2.82. The van der Waals surface area contributed by atoms with Gasteiger partial charge in [-0.25, -0.2) is 4.98 Å². The van der Waals surface area contributed by atoms with Crippen molar-refractivity contribution in [2.24, 2.45) is 0 Å². The zero-order valence-corrected chi connectivity index (χ0v) is 14.2. The molecule has 1 aliphatic carbocycles. The molecule has 0 radical (unpaired) electrons. The van der Waals surface area contributed by atoms with Crippen molar-refractivity contribution in [1.82, 2.24) is 15.5 Å². The minimum absolute atomic E-state index is 0.0493. The van der Waals surface area contributed by atoms with E-state index < -0.39 is 0 Å². The van der Waals surface area contributed by atoms with Gasteiger partial charge in [0, 0.05) is 0 Å². The maximum Gasteiger partial charge on any atom is 0.270 e. The molecule has 1 aromatic carbocycles. The zero-order chi connectivity index (χ0) is 17.4. The molecule has 0 unspecified atom stereocenters. The molecule has 0 saturated carbocycles. The second kappa shape index (κ2) is 6.16. The van der Waals surface area contributed by atoms with Crippen molar-refractivity contribution in [2.45, 2.75) is 32.7 Å². The summed E-state index contributed by atoms with van der Waals surface area (Å²) in [6, 6.07) is 13.8. The Labute approximate surface area is 146 Å². The Morgan fingerprint density at radius 3 is 2.80 bits per heavy atom. The van der Waals surface area contributed by atoms with Crippen molar-refractivity contribution >= 4 is 5.91 Å². The summed E-state index contributed by atoms with van der Waals surface area (Å²) in [6.07, 6.45) is 1.92. The second-order valence-corrected chi connectivity index (χ2v) is 6.37. The number of amides is 1. The molecule has 0 spiro atoms. The number of aromatic nitrogens is 2. The van der Waals surface area contributed by atoms with Crippen molar-refractivity contribution in [3.8, 4) is 11.3 Å². The van der Waals surface area contributed by atoms with Crippen LogP contribution < -0.4 is 5.32 Å². The molecule has 0 bridgehead atoms. The highest BCUT2D eigenvalue weighted by Gasteiger charge is 2.24. The summed E-state index contributed by atoms with van der Waals surface area (Å²) in [5, 5.41) is 7.07. The number of fused-ring (bicyclic) bond motifs is 1. The molecule has 2 aromatic heterocycles. The Morgan fingerprint density at radius 1 is 1.16 bits per heavy atom. The molecule has 2 heterocycles. The molecule has 5 nitrogen and oxygen atoms in total. The van der Waals surface area contributed by atoms with Gasteiger partial charge in [0.15, 0.2) is 0 Å². The lowest BCUT2D eigenvalue weighted by molar-refractivity contribution is 0.0932. The number of hydrogen-bond acceptors (Lipinski definition) is 4. The number of nitrogens with zero attached hydrogens (tertiary/aromatic N) is 2. The van der Waals surface area contributed by atoms with E-state index in [1.165, 1.54) is 11.1 Å². The minimum atomic E-state index is -0.157. The molecule has 1 atom stereocenters. The van der Waals surface area contributed by atoms with Gasteiger partial charge >= 0.3 is 0 Å². The smallest absolute Gasteiger partial charge is 0.270 e. The average molecular weight is 333 g/mol. The van der Waals surface area contributed by atoms with Crippen LogP contribution in [0.2, 0.25) is 0 Å². The normalized spacial score (nSPS) is 15.8. The Morgan fingerprint density at radius 2 is 2.00 bits per heavy atom. The molecular weight excluding hydrogens is 314 g/mol. The highest BCUT2D eigenvalue weighted by atomic mass is 16.5. The number of nitrogens with one attached hydrogen (secondary N) is 1. The number of carbonyl (C=O) groups excluding carboxylic acids is 1. The molecular formula is C20H19N3O2. The average Bonchev–Trinajstić information content (AvgIpc) is 3.18. The summed E-state index contributed by atoms with van der Waals surface area (Å²) in [5.41, 5.74) is 5.24. The molecule has 3 aromatic rings. The molecule has 0 saturated heterocycles. The van der Waals surface area contributed by atoms with Crippen LogP contribution in [-0.4, -0.2) is 16.0 Å². The lowest BCUT2D eigenvalue weighted by atomic mass is 10.1. The molecule has 25 heavy (non-hydrogen) atoms. The predicted molar refractivity (Wildman–Crippen MR) is 94.2 cm³/mol. The van der Waals surface area contributed by atoms with E-state index in [-0.39, 0.29) is 11.9 Å². The second-order valence-electron chi connectivity index (χ2n) is 6.37. The Hall–Kier alpha value is -2.95. The Bertz CT molecular complexity index is 926. The summed E-state index contributed by atoms with van der Waals surface area (Å²) < 4.78 is 5.21. The standard InChI is InChI=1S/C20H19N3O2/c1-12-19(13(2)25-23-12)17-8-5-9-18(21-17)20(24)22-16-11-10-14-6-3-4-7-15(14)16/h3-9,16H,10-11H2,1-2H3,(H,22,24)/t16-/m0/s1. The molecule has 4 rings (SSSR count). The summed E-state index contributed by atoms with van der Waals surface area (Å²) in [4.78, 5) is 17.2. The van der Waals surface area contributed by atoms with E-state index in [1.54, 1.807) is 6.07 Å². The fourth-order valence-corrected chi connectivity index (χ4v) is 3.49. The van der Waals surface area contributed by atoms with Crippen molar-refractivity contribution in [3.05, 3.63) is 70.7 Å². The first-order valence-electron chi connectivity index (χ1n) is 8.42. The molecule has 126 valence electrons. The quantitative estimate of drug-likeness (QED) is 0.792. The van der Waals surface area contributed by atoms with E-state index in [0.717, 1.165) is 24.1 Å². The van der Waals surface area contributed by atoms with E-state index >= 15 is 0 Å². The van der Waals surface area contributed by atoms with Crippen molar-refractivity contribution < 1.29 is 9.32 Å². The van der Waals surface area contributed by atoms with Crippen LogP contribution in [0, 0.1) is 13.8 Å². The molecule has 0 fully saturated rings. The summed E-state index contributed by atoms with van der Waals surface area (Å²) in [5.74, 6) is 0.544. The van der Waals surface area contributed by atoms with Gasteiger partial charge in [-0.2, -0.15) is 0 Å². The maximum absolute atomic E-state index is 12.7. The summed E-state index contributed by atoms with van der Waals surface area (Å²) >= 11 is 0. The predicted octanol–water partition coefficient (Wildman–Crippen LogP) is 3.77. The highest BCUT2D eigenvalue weighted by molar-refractivity contribution is 5.93. The zero-order valence-electron chi connectivity index (χ0n) is 14.2. The van der Waals surface area contributed by atoms with Gasteiger partial charge in [-0.15, -0.1) is 0 Å². The highest BCUT2D eigenvalue weighted by Crippen LogP contribution is 2.31. The van der Waals surface area contributed by atoms with E-state index in [1.807, 2.05) is 38.1 Å². The van der Waals surface area contributed by atoms with Gasteiger partial charge < -0.3 is 9.84 Å². The summed E-state index contributed by atoms with van der Waals surface area (Å²) in [6.45, 7) is 3.72.